The molecule has 1 saturated heterocycles. The van der Waals surface area contributed by atoms with Gasteiger partial charge >= 0.3 is 0 Å². The molecule has 20 heavy (non-hydrogen) atoms. The van der Waals surface area contributed by atoms with Gasteiger partial charge in [0.15, 0.2) is 0 Å². The molecule has 4 rings (SSSR count). The molecule has 0 amide bonds. The van der Waals surface area contributed by atoms with E-state index in [1.165, 1.54) is 28.5 Å². The van der Waals surface area contributed by atoms with Crippen LogP contribution >= 0.6 is 0 Å². The zero-order chi connectivity index (χ0) is 13.5. The third kappa shape index (κ3) is 1.80. The van der Waals surface area contributed by atoms with Crippen molar-refractivity contribution in [3.8, 4) is 0 Å². The predicted molar refractivity (Wildman–Crippen MR) is 79.9 cm³/mol. The molecule has 2 aromatic rings. The third-order valence-electron chi connectivity index (χ3n) is 5.09. The maximum absolute atomic E-state index is 10.6. The summed E-state index contributed by atoms with van der Waals surface area (Å²) in [4.78, 5) is 14.0. The van der Waals surface area contributed by atoms with Gasteiger partial charge in [-0.3, -0.25) is 0 Å². The molecule has 1 aliphatic heterocycles. The third-order valence-corrected chi connectivity index (χ3v) is 5.09. The summed E-state index contributed by atoms with van der Waals surface area (Å²) in [5.41, 5.74) is 4.22. The Morgan fingerprint density at radius 1 is 1.35 bits per heavy atom. The summed E-state index contributed by atoms with van der Waals surface area (Å²) in [6.07, 6.45) is 7.29. The Kier molecular flexibility index (Phi) is 2.88. The van der Waals surface area contributed by atoms with Crippen molar-refractivity contribution in [1.82, 2.24) is 10.3 Å². The summed E-state index contributed by atoms with van der Waals surface area (Å²) in [6, 6.07) is 7.19. The van der Waals surface area contributed by atoms with Gasteiger partial charge in [0.2, 0.25) is 0 Å². The largest absolute Gasteiger partial charge is 0.361 e. The highest BCUT2D eigenvalue weighted by Gasteiger charge is 2.35. The van der Waals surface area contributed by atoms with Gasteiger partial charge in [-0.05, 0) is 48.9 Å². The molecular formula is C17H20N2O. The standard InChI is InChI=1S/C17H20N2O/c20-6-2-3-11-7-14-13-4-1-5-15-17(13)12(10-19-15)8-16(14)18-9-11/h1,4-6,10-11,14,16,18-19H,2-3,7-9H2/t11?,14-,16-/m1/s1. The van der Waals surface area contributed by atoms with Crippen LogP contribution in [0.2, 0.25) is 0 Å². The number of rotatable bonds is 3. The Bertz CT molecular complexity index is 645. The molecule has 3 heteroatoms. The van der Waals surface area contributed by atoms with E-state index in [0.29, 0.717) is 24.3 Å². The number of hydrogen-bond donors (Lipinski definition) is 2. The lowest BCUT2D eigenvalue weighted by Gasteiger charge is -2.40. The van der Waals surface area contributed by atoms with E-state index < -0.39 is 0 Å². The zero-order valence-corrected chi connectivity index (χ0v) is 11.6. The highest BCUT2D eigenvalue weighted by Crippen LogP contribution is 2.42. The summed E-state index contributed by atoms with van der Waals surface area (Å²) < 4.78 is 0. The number of carbonyl (C=O) groups excluding carboxylic acids is 1. The Morgan fingerprint density at radius 3 is 3.20 bits per heavy atom. The van der Waals surface area contributed by atoms with Crippen molar-refractivity contribution in [3.63, 3.8) is 0 Å². The van der Waals surface area contributed by atoms with Crippen molar-refractivity contribution < 1.29 is 4.79 Å². The van der Waals surface area contributed by atoms with Crippen LogP contribution in [-0.4, -0.2) is 23.9 Å². The van der Waals surface area contributed by atoms with Gasteiger partial charge in [0.1, 0.15) is 6.29 Å². The van der Waals surface area contributed by atoms with Crippen LogP contribution in [0.25, 0.3) is 10.9 Å². The number of hydrogen-bond acceptors (Lipinski definition) is 2. The molecule has 1 fully saturated rings. The molecule has 0 spiro atoms. The minimum absolute atomic E-state index is 0.566. The number of aromatic amines is 1. The number of H-pyrrole nitrogens is 1. The molecular weight excluding hydrogens is 248 g/mol. The van der Waals surface area contributed by atoms with Crippen LogP contribution in [0.3, 0.4) is 0 Å². The molecule has 1 aliphatic carbocycles. The number of nitrogens with one attached hydrogen (secondary N) is 2. The maximum atomic E-state index is 10.6. The van der Waals surface area contributed by atoms with E-state index in [2.05, 4.69) is 34.7 Å². The van der Waals surface area contributed by atoms with Crippen LogP contribution in [0.1, 0.15) is 36.3 Å². The predicted octanol–water partition coefficient (Wildman–Crippen LogP) is 2.76. The second-order valence-corrected chi connectivity index (χ2v) is 6.25. The number of aldehydes is 1. The summed E-state index contributed by atoms with van der Waals surface area (Å²) in [5.74, 6) is 1.24. The first-order valence-electron chi connectivity index (χ1n) is 7.62. The van der Waals surface area contributed by atoms with Gasteiger partial charge in [0, 0.05) is 35.5 Å². The molecule has 1 unspecified atom stereocenters. The molecule has 1 aromatic heterocycles. The molecule has 2 N–H and O–H groups in total. The molecule has 0 saturated carbocycles. The van der Waals surface area contributed by atoms with Crippen LogP contribution in [0.4, 0.5) is 0 Å². The first-order valence-corrected chi connectivity index (χ1v) is 7.62. The van der Waals surface area contributed by atoms with Crippen LogP contribution < -0.4 is 5.32 Å². The lowest BCUT2D eigenvalue weighted by atomic mass is 9.72. The SMILES string of the molecule is O=CCCC1CN[C@@H]2Cc3c[nH]c4cccc(c34)[C@H]2C1. The molecule has 3 atom stereocenters. The summed E-state index contributed by atoms with van der Waals surface area (Å²) in [7, 11) is 0. The minimum Gasteiger partial charge on any atom is -0.361 e. The van der Waals surface area contributed by atoms with Crippen LogP contribution in [0.15, 0.2) is 24.4 Å². The molecule has 3 nitrogen and oxygen atoms in total. The Balaban J connectivity index is 1.69. The van der Waals surface area contributed by atoms with Gasteiger partial charge in [-0.2, -0.15) is 0 Å². The fraction of sp³-hybridized carbons (Fsp3) is 0.471. The van der Waals surface area contributed by atoms with E-state index >= 15 is 0 Å². The molecule has 2 aliphatic rings. The summed E-state index contributed by atoms with van der Waals surface area (Å²) >= 11 is 0. The van der Waals surface area contributed by atoms with Crippen molar-refractivity contribution >= 4 is 17.2 Å². The highest BCUT2D eigenvalue weighted by molar-refractivity contribution is 5.88. The first-order chi connectivity index (χ1) is 9.86. The quantitative estimate of drug-likeness (QED) is 0.841. The van der Waals surface area contributed by atoms with Gasteiger partial charge in [0.05, 0.1) is 0 Å². The van der Waals surface area contributed by atoms with E-state index in [0.717, 1.165) is 25.7 Å². The second-order valence-electron chi connectivity index (χ2n) is 6.25. The van der Waals surface area contributed by atoms with Gasteiger partial charge in [0.25, 0.3) is 0 Å². The molecule has 104 valence electrons. The topological polar surface area (TPSA) is 44.9 Å². The van der Waals surface area contributed by atoms with Crippen molar-refractivity contribution in [1.29, 1.82) is 0 Å². The average molecular weight is 268 g/mol. The van der Waals surface area contributed by atoms with Crippen LogP contribution in [0, 0.1) is 5.92 Å². The zero-order valence-electron chi connectivity index (χ0n) is 11.6. The van der Waals surface area contributed by atoms with Crippen molar-refractivity contribution in [3.05, 3.63) is 35.5 Å². The number of carbonyl (C=O) groups is 1. The van der Waals surface area contributed by atoms with Crippen LogP contribution in [-0.2, 0) is 11.2 Å². The highest BCUT2D eigenvalue weighted by atomic mass is 16.1. The number of benzene rings is 1. The van der Waals surface area contributed by atoms with Gasteiger partial charge < -0.3 is 15.1 Å². The van der Waals surface area contributed by atoms with E-state index in [9.17, 15) is 4.79 Å². The number of piperidine rings is 1. The maximum Gasteiger partial charge on any atom is 0.120 e. The number of fused-ring (bicyclic) bond motifs is 2. The normalized spacial score (nSPS) is 28.3. The van der Waals surface area contributed by atoms with E-state index in [1.54, 1.807) is 0 Å². The van der Waals surface area contributed by atoms with Crippen molar-refractivity contribution in [2.24, 2.45) is 5.92 Å². The molecule has 2 heterocycles. The molecule has 1 aromatic carbocycles. The first kappa shape index (κ1) is 12.2. The van der Waals surface area contributed by atoms with Crippen LogP contribution in [0.5, 0.6) is 0 Å². The Hall–Kier alpha value is -1.61. The van der Waals surface area contributed by atoms with Gasteiger partial charge in [-0.1, -0.05) is 12.1 Å². The average Bonchev–Trinajstić information content (AvgIpc) is 2.90. The lowest BCUT2D eigenvalue weighted by molar-refractivity contribution is -0.108. The van der Waals surface area contributed by atoms with Crippen molar-refractivity contribution in [2.45, 2.75) is 37.6 Å². The fourth-order valence-electron chi connectivity index (χ4n) is 4.14. The second kappa shape index (κ2) is 4.74. The fourth-order valence-corrected chi connectivity index (χ4v) is 4.14. The Morgan fingerprint density at radius 2 is 2.30 bits per heavy atom. The van der Waals surface area contributed by atoms with Gasteiger partial charge in [-0.15, -0.1) is 0 Å². The van der Waals surface area contributed by atoms with E-state index in [1.807, 2.05) is 0 Å². The monoisotopic (exact) mass is 268 g/mol. The van der Waals surface area contributed by atoms with Gasteiger partial charge in [-0.25, -0.2) is 0 Å². The molecule has 0 bridgehead atoms. The molecule has 0 radical (unpaired) electrons. The lowest BCUT2D eigenvalue weighted by Crippen LogP contribution is -2.46. The minimum atomic E-state index is 0.566. The smallest absolute Gasteiger partial charge is 0.120 e. The Labute approximate surface area is 118 Å². The van der Waals surface area contributed by atoms with Crippen molar-refractivity contribution in [2.75, 3.05) is 6.54 Å². The van der Waals surface area contributed by atoms with E-state index in [-0.39, 0.29) is 0 Å². The summed E-state index contributed by atoms with van der Waals surface area (Å²) in [6.45, 7) is 1.06. The summed E-state index contributed by atoms with van der Waals surface area (Å²) in [5, 5.41) is 5.17. The van der Waals surface area contributed by atoms with E-state index in [4.69, 9.17) is 0 Å². The number of aromatic nitrogens is 1.